The molecule has 0 aromatic carbocycles. The lowest BCUT2D eigenvalue weighted by molar-refractivity contribution is 0.409. The molecule has 0 atom stereocenters. The average Bonchev–Trinajstić information content (AvgIpc) is 2.11. The summed E-state index contributed by atoms with van der Waals surface area (Å²) >= 11 is 0. The molecule has 0 rings (SSSR count). The van der Waals surface area contributed by atoms with E-state index >= 15 is 0 Å². The third-order valence-electron chi connectivity index (χ3n) is 2.25. The summed E-state index contributed by atoms with van der Waals surface area (Å²) in [7, 11) is 0.472. The largest absolute Gasteiger partial charge is 0.320 e. The van der Waals surface area contributed by atoms with Gasteiger partial charge in [0.05, 0.1) is 5.75 Å². The monoisotopic (exact) mass is 222 g/mol. The van der Waals surface area contributed by atoms with E-state index in [-0.39, 0.29) is 11.8 Å². The molecule has 0 bridgehead atoms. The Morgan fingerprint density at radius 1 is 1.29 bits per heavy atom. The highest BCUT2D eigenvalue weighted by atomic mass is 32.2. The van der Waals surface area contributed by atoms with E-state index in [2.05, 4.69) is 5.32 Å². The summed E-state index contributed by atoms with van der Waals surface area (Å²) in [5, 5.41) is 3.00. The Morgan fingerprint density at radius 2 is 1.86 bits per heavy atom. The molecule has 0 saturated heterocycles. The average molecular weight is 222 g/mol. The van der Waals surface area contributed by atoms with E-state index in [0.717, 1.165) is 19.4 Å². The van der Waals surface area contributed by atoms with Gasteiger partial charge < -0.3 is 5.32 Å². The molecule has 14 heavy (non-hydrogen) atoms. The standard InChI is InChI=1S/C9H22N2O2S/c1-9(2)11(4)14(12,13)8-6-5-7-10-3/h9-10H,5-8H2,1-4H3. The van der Waals surface area contributed by atoms with E-state index in [9.17, 15) is 8.42 Å². The van der Waals surface area contributed by atoms with Gasteiger partial charge in [0, 0.05) is 13.1 Å². The minimum Gasteiger partial charge on any atom is -0.320 e. The summed E-state index contributed by atoms with van der Waals surface area (Å²) in [5.74, 6) is 0.253. The molecule has 0 unspecified atom stereocenters. The Bertz CT molecular complexity index is 237. The van der Waals surface area contributed by atoms with Gasteiger partial charge in [-0.2, -0.15) is 0 Å². The summed E-state index contributed by atoms with van der Waals surface area (Å²) in [6.45, 7) is 4.64. The Kier molecular flexibility index (Phi) is 6.31. The highest BCUT2D eigenvalue weighted by molar-refractivity contribution is 7.89. The van der Waals surface area contributed by atoms with Crippen LogP contribution in [0.3, 0.4) is 0 Å². The molecule has 5 heteroatoms. The molecule has 0 aromatic heterocycles. The lowest BCUT2D eigenvalue weighted by atomic mass is 10.3. The van der Waals surface area contributed by atoms with Crippen LogP contribution in [-0.4, -0.2) is 45.2 Å². The smallest absolute Gasteiger partial charge is 0.214 e. The Balaban J connectivity index is 3.96. The van der Waals surface area contributed by atoms with Gasteiger partial charge in [0.25, 0.3) is 0 Å². The summed E-state index contributed by atoms with van der Waals surface area (Å²) in [6, 6.07) is 0.0456. The van der Waals surface area contributed by atoms with Crippen molar-refractivity contribution < 1.29 is 8.42 Å². The van der Waals surface area contributed by atoms with Gasteiger partial charge in [0.1, 0.15) is 0 Å². The second-order valence-corrected chi connectivity index (χ2v) is 5.88. The van der Waals surface area contributed by atoms with Gasteiger partial charge in [-0.25, -0.2) is 12.7 Å². The van der Waals surface area contributed by atoms with Crippen molar-refractivity contribution in [2.45, 2.75) is 32.7 Å². The van der Waals surface area contributed by atoms with Gasteiger partial charge in [0.2, 0.25) is 10.0 Å². The minimum absolute atomic E-state index is 0.0456. The topological polar surface area (TPSA) is 49.4 Å². The predicted octanol–water partition coefficient (Wildman–Crippen LogP) is 0.656. The highest BCUT2D eigenvalue weighted by Crippen LogP contribution is 2.06. The van der Waals surface area contributed by atoms with Crippen LogP contribution in [0.2, 0.25) is 0 Å². The molecule has 0 aromatic rings. The quantitative estimate of drug-likeness (QED) is 0.644. The molecule has 0 amide bonds. The summed E-state index contributed by atoms with van der Waals surface area (Å²) in [5.41, 5.74) is 0. The second kappa shape index (κ2) is 6.37. The number of rotatable bonds is 7. The van der Waals surface area contributed by atoms with Crippen LogP contribution in [0, 0.1) is 0 Å². The van der Waals surface area contributed by atoms with E-state index < -0.39 is 10.0 Å². The zero-order valence-corrected chi connectivity index (χ0v) is 10.4. The maximum atomic E-state index is 11.6. The van der Waals surface area contributed by atoms with Crippen LogP contribution in [-0.2, 0) is 10.0 Å². The molecule has 0 aliphatic heterocycles. The molecule has 0 aliphatic carbocycles. The van der Waals surface area contributed by atoms with Crippen molar-refractivity contribution in [3.8, 4) is 0 Å². The normalized spacial score (nSPS) is 12.7. The number of nitrogens with one attached hydrogen (secondary N) is 1. The van der Waals surface area contributed by atoms with E-state index in [0.29, 0.717) is 0 Å². The zero-order valence-electron chi connectivity index (χ0n) is 9.58. The molecular formula is C9H22N2O2S. The fourth-order valence-corrected chi connectivity index (χ4v) is 2.55. The van der Waals surface area contributed by atoms with Crippen LogP contribution in [0.4, 0.5) is 0 Å². The van der Waals surface area contributed by atoms with E-state index in [1.807, 2.05) is 20.9 Å². The fourth-order valence-electron chi connectivity index (χ4n) is 1.05. The van der Waals surface area contributed by atoms with Crippen molar-refractivity contribution in [3.05, 3.63) is 0 Å². The van der Waals surface area contributed by atoms with E-state index in [1.165, 1.54) is 4.31 Å². The molecule has 0 radical (unpaired) electrons. The molecule has 0 aliphatic rings. The van der Waals surface area contributed by atoms with Crippen molar-refractivity contribution in [3.63, 3.8) is 0 Å². The summed E-state index contributed by atoms with van der Waals surface area (Å²) in [4.78, 5) is 0. The van der Waals surface area contributed by atoms with Crippen LogP contribution in [0.25, 0.3) is 0 Å². The van der Waals surface area contributed by atoms with Crippen molar-refractivity contribution in [2.24, 2.45) is 0 Å². The molecular weight excluding hydrogens is 200 g/mol. The number of nitrogens with zero attached hydrogens (tertiary/aromatic N) is 1. The Morgan fingerprint density at radius 3 is 2.29 bits per heavy atom. The molecule has 0 heterocycles. The van der Waals surface area contributed by atoms with Crippen LogP contribution in [0.15, 0.2) is 0 Å². The number of unbranched alkanes of at least 4 members (excludes halogenated alkanes) is 1. The first-order valence-electron chi connectivity index (χ1n) is 5.02. The van der Waals surface area contributed by atoms with Crippen molar-refractivity contribution in [2.75, 3.05) is 26.4 Å². The van der Waals surface area contributed by atoms with Gasteiger partial charge >= 0.3 is 0 Å². The summed E-state index contributed by atoms with van der Waals surface area (Å²) < 4.78 is 24.7. The number of sulfonamides is 1. The SMILES string of the molecule is CNCCCCS(=O)(=O)N(C)C(C)C. The van der Waals surface area contributed by atoms with Gasteiger partial charge in [0.15, 0.2) is 0 Å². The van der Waals surface area contributed by atoms with Crippen LogP contribution >= 0.6 is 0 Å². The minimum atomic E-state index is -3.03. The van der Waals surface area contributed by atoms with Crippen molar-refractivity contribution >= 4 is 10.0 Å². The van der Waals surface area contributed by atoms with Crippen molar-refractivity contribution in [1.29, 1.82) is 0 Å². The van der Waals surface area contributed by atoms with Crippen LogP contribution < -0.4 is 5.32 Å². The van der Waals surface area contributed by atoms with E-state index in [1.54, 1.807) is 7.05 Å². The number of hydrogen-bond donors (Lipinski definition) is 1. The Hall–Kier alpha value is -0.130. The van der Waals surface area contributed by atoms with Crippen LogP contribution in [0.5, 0.6) is 0 Å². The third-order valence-corrected chi connectivity index (χ3v) is 4.35. The molecule has 0 saturated carbocycles. The predicted molar refractivity (Wildman–Crippen MR) is 59.8 cm³/mol. The third kappa shape index (κ3) is 4.93. The van der Waals surface area contributed by atoms with Crippen molar-refractivity contribution in [1.82, 2.24) is 9.62 Å². The number of hydrogen-bond acceptors (Lipinski definition) is 3. The molecule has 4 nitrogen and oxygen atoms in total. The van der Waals surface area contributed by atoms with Gasteiger partial charge in [-0.05, 0) is 40.3 Å². The molecule has 86 valence electrons. The lowest BCUT2D eigenvalue weighted by Gasteiger charge is -2.20. The maximum Gasteiger partial charge on any atom is 0.214 e. The first-order chi connectivity index (χ1) is 6.41. The van der Waals surface area contributed by atoms with Gasteiger partial charge in [-0.15, -0.1) is 0 Å². The summed E-state index contributed by atoms with van der Waals surface area (Å²) in [6.07, 6.45) is 1.63. The first-order valence-corrected chi connectivity index (χ1v) is 6.63. The molecule has 1 N–H and O–H groups in total. The molecule has 0 fully saturated rings. The molecule has 0 spiro atoms. The fraction of sp³-hybridized carbons (Fsp3) is 1.00. The zero-order chi connectivity index (χ0) is 11.2. The lowest BCUT2D eigenvalue weighted by Crippen LogP contribution is -2.34. The van der Waals surface area contributed by atoms with Crippen LogP contribution in [0.1, 0.15) is 26.7 Å². The van der Waals surface area contributed by atoms with Gasteiger partial charge in [-0.1, -0.05) is 0 Å². The first kappa shape index (κ1) is 13.9. The highest BCUT2D eigenvalue weighted by Gasteiger charge is 2.19. The van der Waals surface area contributed by atoms with Gasteiger partial charge in [-0.3, -0.25) is 0 Å². The van der Waals surface area contributed by atoms with E-state index in [4.69, 9.17) is 0 Å². The second-order valence-electron chi connectivity index (χ2n) is 3.74. The Labute approximate surface area is 87.7 Å². The maximum absolute atomic E-state index is 11.6.